The highest BCUT2D eigenvalue weighted by Gasteiger charge is 2.35. The molecule has 3 rings (SSSR count). The quantitative estimate of drug-likeness (QED) is 0.383. The van der Waals surface area contributed by atoms with Crippen molar-refractivity contribution < 1.29 is 33.3 Å². The first-order valence-corrected chi connectivity index (χ1v) is 11.9. The van der Waals surface area contributed by atoms with E-state index in [1.807, 2.05) is 6.07 Å². The molecule has 0 radical (unpaired) electrons. The van der Waals surface area contributed by atoms with Crippen LogP contribution in [-0.4, -0.2) is 43.2 Å². The van der Waals surface area contributed by atoms with Crippen molar-refractivity contribution in [2.24, 2.45) is 0 Å². The fourth-order valence-electron chi connectivity index (χ4n) is 3.47. The van der Waals surface area contributed by atoms with Gasteiger partial charge in [0.1, 0.15) is 17.6 Å². The lowest BCUT2D eigenvalue weighted by Gasteiger charge is -2.26. The lowest BCUT2D eigenvalue weighted by Crippen LogP contribution is -2.50. The van der Waals surface area contributed by atoms with Crippen molar-refractivity contribution >= 4 is 17.8 Å². The zero-order valence-electron chi connectivity index (χ0n) is 21.3. The predicted molar refractivity (Wildman–Crippen MR) is 137 cm³/mol. The maximum Gasteiger partial charge on any atom is 0.352 e. The fourth-order valence-corrected chi connectivity index (χ4v) is 3.47. The molecule has 0 saturated carbocycles. The second kappa shape index (κ2) is 13.1. The molecule has 1 amide bonds. The van der Waals surface area contributed by atoms with Crippen LogP contribution >= 0.6 is 0 Å². The van der Waals surface area contributed by atoms with Crippen LogP contribution in [0.1, 0.15) is 42.8 Å². The van der Waals surface area contributed by atoms with E-state index in [1.165, 1.54) is 6.92 Å². The highest BCUT2D eigenvalue weighted by molar-refractivity contribution is 5.97. The third-order valence-electron chi connectivity index (χ3n) is 5.33. The summed E-state index contributed by atoms with van der Waals surface area (Å²) in [5.41, 5.74) is 0.915. The van der Waals surface area contributed by atoms with Gasteiger partial charge in [-0.15, -0.1) is 0 Å². The van der Waals surface area contributed by atoms with Gasteiger partial charge >= 0.3 is 11.9 Å². The zero-order chi connectivity index (χ0) is 26.8. The van der Waals surface area contributed by atoms with Crippen molar-refractivity contribution in [1.29, 1.82) is 0 Å². The number of amides is 1. The Kier molecular flexibility index (Phi) is 9.66. The molecule has 194 valence electrons. The molecule has 1 N–H and O–H groups in total. The Hall–Kier alpha value is -4.33. The van der Waals surface area contributed by atoms with Gasteiger partial charge in [-0.3, -0.25) is 4.79 Å². The minimum Gasteiger partial charge on any atom is -0.497 e. The highest BCUT2D eigenvalue weighted by atomic mass is 16.6. The SMILES string of the molecule is COc1ccc(O[C@@H](C(=O)O[C@H](C)[C@H](NC(=O)c2ccccc2)C(=O)OC(C)C)c2ccccc2)cc1. The van der Waals surface area contributed by atoms with E-state index < -0.39 is 42.2 Å². The first kappa shape index (κ1) is 27.3. The molecule has 3 atom stereocenters. The summed E-state index contributed by atoms with van der Waals surface area (Å²) >= 11 is 0. The highest BCUT2D eigenvalue weighted by Crippen LogP contribution is 2.26. The van der Waals surface area contributed by atoms with E-state index in [-0.39, 0.29) is 0 Å². The normalized spacial score (nSPS) is 13.1. The van der Waals surface area contributed by atoms with Gasteiger partial charge in [-0.25, -0.2) is 9.59 Å². The molecule has 0 aromatic heterocycles. The number of methoxy groups -OCH3 is 1. The fraction of sp³-hybridized carbons (Fsp3) is 0.276. The molecular weight excluding hydrogens is 474 g/mol. The van der Waals surface area contributed by atoms with Crippen molar-refractivity contribution in [3.8, 4) is 11.5 Å². The van der Waals surface area contributed by atoms with E-state index in [0.29, 0.717) is 22.6 Å². The van der Waals surface area contributed by atoms with Crippen molar-refractivity contribution in [1.82, 2.24) is 5.32 Å². The second-order valence-corrected chi connectivity index (χ2v) is 8.53. The van der Waals surface area contributed by atoms with Gasteiger partial charge < -0.3 is 24.3 Å². The third kappa shape index (κ3) is 7.83. The molecule has 0 heterocycles. The average Bonchev–Trinajstić information content (AvgIpc) is 2.90. The average molecular weight is 506 g/mol. The summed E-state index contributed by atoms with van der Waals surface area (Å²) in [5, 5.41) is 2.64. The van der Waals surface area contributed by atoms with Crippen LogP contribution < -0.4 is 14.8 Å². The largest absolute Gasteiger partial charge is 0.497 e. The van der Waals surface area contributed by atoms with Crippen molar-refractivity contribution in [2.75, 3.05) is 7.11 Å². The molecule has 0 saturated heterocycles. The number of hydrogen-bond donors (Lipinski definition) is 1. The molecular formula is C29H31NO7. The number of carbonyl (C=O) groups excluding carboxylic acids is 3. The Balaban J connectivity index is 1.81. The molecule has 3 aromatic carbocycles. The predicted octanol–water partition coefficient (Wildman–Crippen LogP) is 4.50. The van der Waals surface area contributed by atoms with Crippen LogP contribution in [0, 0.1) is 0 Å². The third-order valence-corrected chi connectivity index (χ3v) is 5.33. The van der Waals surface area contributed by atoms with Gasteiger partial charge in [-0.2, -0.15) is 0 Å². The van der Waals surface area contributed by atoms with E-state index >= 15 is 0 Å². The van der Waals surface area contributed by atoms with E-state index in [1.54, 1.807) is 99.8 Å². The summed E-state index contributed by atoms with van der Waals surface area (Å²) in [5.74, 6) is -0.881. The minimum atomic E-state index is -1.24. The van der Waals surface area contributed by atoms with Gasteiger partial charge in [0.2, 0.25) is 6.10 Å². The Morgan fingerprint density at radius 3 is 1.84 bits per heavy atom. The summed E-state index contributed by atoms with van der Waals surface area (Å²) in [4.78, 5) is 39.0. The summed E-state index contributed by atoms with van der Waals surface area (Å²) in [7, 11) is 1.55. The van der Waals surface area contributed by atoms with Gasteiger partial charge in [0, 0.05) is 11.1 Å². The van der Waals surface area contributed by atoms with E-state index in [0.717, 1.165) is 0 Å². The number of benzene rings is 3. The molecule has 0 fully saturated rings. The van der Waals surface area contributed by atoms with Crippen molar-refractivity contribution in [3.63, 3.8) is 0 Å². The smallest absolute Gasteiger partial charge is 0.352 e. The van der Waals surface area contributed by atoms with Gasteiger partial charge in [0.25, 0.3) is 5.91 Å². The molecule has 0 aliphatic heterocycles. The Bertz CT molecular complexity index is 1160. The van der Waals surface area contributed by atoms with Crippen LogP contribution in [0.25, 0.3) is 0 Å². The van der Waals surface area contributed by atoms with Crippen LogP contribution in [0.3, 0.4) is 0 Å². The monoisotopic (exact) mass is 505 g/mol. The van der Waals surface area contributed by atoms with Gasteiger partial charge in [-0.1, -0.05) is 48.5 Å². The lowest BCUT2D eigenvalue weighted by molar-refractivity contribution is -0.164. The first-order valence-electron chi connectivity index (χ1n) is 11.9. The van der Waals surface area contributed by atoms with E-state index in [2.05, 4.69) is 5.32 Å². The second-order valence-electron chi connectivity index (χ2n) is 8.53. The summed E-state index contributed by atoms with van der Waals surface area (Å²) in [6.45, 7) is 4.91. The Labute approximate surface area is 216 Å². The topological polar surface area (TPSA) is 100 Å². The van der Waals surface area contributed by atoms with E-state index in [4.69, 9.17) is 18.9 Å². The van der Waals surface area contributed by atoms with Gasteiger partial charge in [-0.05, 0) is 57.2 Å². The standard InChI is InChI=1S/C29H31NO7/c1-19(2)35-28(32)25(30-27(31)22-13-9-6-10-14-22)20(3)36-29(33)26(21-11-7-5-8-12-21)37-24-17-15-23(34-4)16-18-24/h5-20,25-26H,1-4H3,(H,30,31)/t20-,25+,26-/m1/s1. The Morgan fingerprint density at radius 2 is 1.27 bits per heavy atom. The number of carbonyl (C=O) groups is 3. The molecule has 0 unspecified atom stereocenters. The summed E-state index contributed by atoms with van der Waals surface area (Å²) in [6.07, 6.45) is -2.61. The molecule has 0 spiro atoms. The summed E-state index contributed by atoms with van der Waals surface area (Å²) in [6, 6.07) is 22.8. The molecule has 0 aliphatic carbocycles. The minimum absolute atomic E-state index is 0.355. The van der Waals surface area contributed by atoms with Gasteiger partial charge in [0.05, 0.1) is 13.2 Å². The number of esters is 2. The van der Waals surface area contributed by atoms with Crippen LogP contribution in [0.15, 0.2) is 84.9 Å². The number of rotatable bonds is 11. The molecule has 0 aliphatic rings. The maximum absolute atomic E-state index is 13.3. The number of nitrogens with one attached hydrogen (secondary N) is 1. The maximum atomic E-state index is 13.3. The molecule has 3 aromatic rings. The van der Waals surface area contributed by atoms with Crippen LogP contribution in [0.2, 0.25) is 0 Å². The number of hydrogen-bond acceptors (Lipinski definition) is 7. The van der Waals surface area contributed by atoms with Gasteiger partial charge in [0.15, 0.2) is 6.04 Å². The van der Waals surface area contributed by atoms with Crippen molar-refractivity contribution in [2.45, 2.75) is 45.1 Å². The molecule has 37 heavy (non-hydrogen) atoms. The van der Waals surface area contributed by atoms with E-state index in [9.17, 15) is 14.4 Å². The molecule has 0 bridgehead atoms. The molecule has 8 heteroatoms. The Morgan fingerprint density at radius 1 is 0.703 bits per heavy atom. The number of ether oxygens (including phenoxy) is 4. The van der Waals surface area contributed by atoms with Crippen molar-refractivity contribution in [3.05, 3.63) is 96.1 Å². The molecule has 8 nitrogen and oxygen atoms in total. The van der Waals surface area contributed by atoms with Crippen LogP contribution in [0.5, 0.6) is 11.5 Å². The lowest BCUT2D eigenvalue weighted by atomic mass is 10.1. The van der Waals surface area contributed by atoms with Crippen LogP contribution in [0.4, 0.5) is 0 Å². The zero-order valence-corrected chi connectivity index (χ0v) is 21.3. The first-order chi connectivity index (χ1) is 17.8. The summed E-state index contributed by atoms with van der Waals surface area (Å²) < 4.78 is 22.2. The van der Waals surface area contributed by atoms with Crippen LogP contribution in [-0.2, 0) is 19.1 Å².